The van der Waals surface area contributed by atoms with Crippen molar-refractivity contribution in [2.75, 3.05) is 31.1 Å². The number of rotatable bonds is 4. The highest BCUT2D eigenvalue weighted by atomic mass is 35.5. The summed E-state index contributed by atoms with van der Waals surface area (Å²) < 4.78 is 5.83. The Hall–Kier alpha value is -3.12. The third-order valence-electron chi connectivity index (χ3n) is 4.57. The molecule has 2 aromatic heterocycles. The van der Waals surface area contributed by atoms with Gasteiger partial charge in [0, 0.05) is 43.6 Å². The van der Waals surface area contributed by atoms with Gasteiger partial charge in [0.25, 0.3) is 5.91 Å². The monoisotopic (exact) mass is 394 g/mol. The van der Waals surface area contributed by atoms with Crippen LogP contribution in [0, 0.1) is 0 Å². The predicted octanol–water partition coefficient (Wildman–Crippen LogP) is 3.88. The van der Waals surface area contributed by atoms with Crippen LogP contribution in [-0.4, -0.2) is 47.0 Å². The lowest BCUT2D eigenvalue weighted by molar-refractivity contribution is 0.0743. The van der Waals surface area contributed by atoms with Crippen molar-refractivity contribution in [3.8, 4) is 11.6 Å². The number of nitrogens with zero attached hydrogens (tertiary/aromatic N) is 4. The Morgan fingerprint density at radius 3 is 2.36 bits per heavy atom. The summed E-state index contributed by atoms with van der Waals surface area (Å²) in [6.45, 7) is 2.70. The lowest BCUT2D eigenvalue weighted by atomic mass is 10.2. The lowest BCUT2D eigenvalue weighted by Gasteiger charge is -2.35. The summed E-state index contributed by atoms with van der Waals surface area (Å²) in [5, 5.41) is 0.621. The van der Waals surface area contributed by atoms with E-state index in [-0.39, 0.29) is 5.91 Å². The van der Waals surface area contributed by atoms with Gasteiger partial charge < -0.3 is 14.5 Å². The van der Waals surface area contributed by atoms with Crippen LogP contribution in [0.25, 0.3) is 0 Å². The molecular weight excluding hydrogens is 376 g/mol. The minimum Gasteiger partial charge on any atom is -0.438 e. The van der Waals surface area contributed by atoms with Crippen LogP contribution in [0.1, 0.15) is 10.4 Å². The van der Waals surface area contributed by atoms with Crippen LogP contribution in [0.5, 0.6) is 11.6 Å². The molecule has 0 saturated carbocycles. The van der Waals surface area contributed by atoms with Crippen LogP contribution >= 0.6 is 11.6 Å². The number of amides is 1. The number of halogens is 1. The van der Waals surface area contributed by atoms with E-state index in [4.69, 9.17) is 16.3 Å². The summed E-state index contributed by atoms with van der Waals surface area (Å²) in [6.07, 6.45) is 3.39. The maximum Gasteiger partial charge on any atom is 0.259 e. The van der Waals surface area contributed by atoms with Crippen LogP contribution < -0.4 is 9.64 Å². The summed E-state index contributed by atoms with van der Waals surface area (Å²) >= 11 is 5.91. The molecule has 0 bridgehead atoms. The second kappa shape index (κ2) is 8.27. The molecule has 1 amide bonds. The number of anilines is 1. The molecule has 1 aromatic carbocycles. The lowest BCUT2D eigenvalue weighted by Crippen LogP contribution is -2.49. The number of aromatic nitrogens is 2. The molecule has 0 N–H and O–H groups in total. The topological polar surface area (TPSA) is 58.6 Å². The highest BCUT2D eigenvalue weighted by Crippen LogP contribution is 2.26. The average Bonchev–Trinajstić information content (AvgIpc) is 2.76. The van der Waals surface area contributed by atoms with Gasteiger partial charge in [-0.1, -0.05) is 17.7 Å². The SMILES string of the molecule is O=C(c1cccnc1Oc1ccc(Cl)cc1)N1CCN(c2ccccn2)CC1. The van der Waals surface area contributed by atoms with E-state index in [0.29, 0.717) is 35.3 Å². The molecule has 1 fully saturated rings. The van der Waals surface area contributed by atoms with Crippen molar-refractivity contribution in [2.45, 2.75) is 0 Å². The maximum atomic E-state index is 13.1. The number of hydrogen-bond donors (Lipinski definition) is 0. The fourth-order valence-electron chi connectivity index (χ4n) is 3.10. The second-order valence-corrected chi connectivity index (χ2v) is 6.82. The maximum absolute atomic E-state index is 13.1. The van der Waals surface area contributed by atoms with E-state index in [1.807, 2.05) is 23.1 Å². The van der Waals surface area contributed by atoms with Crippen LogP contribution in [0.2, 0.25) is 5.02 Å². The first-order chi connectivity index (χ1) is 13.7. The van der Waals surface area contributed by atoms with E-state index < -0.39 is 0 Å². The molecule has 0 spiro atoms. The average molecular weight is 395 g/mol. The number of carbonyl (C=O) groups is 1. The Labute approximate surface area is 168 Å². The highest BCUT2D eigenvalue weighted by Gasteiger charge is 2.25. The largest absolute Gasteiger partial charge is 0.438 e. The zero-order valence-corrected chi connectivity index (χ0v) is 15.9. The fraction of sp³-hybridized carbons (Fsp3) is 0.190. The number of pyridine rings is 2. The molecule has 1 saturated heterocycles. The van der Waals surface area contributed by atoms with E-state index in [1.165, 1.54) is 0 Å². The van der Waals surface area contributed by atoms with E-state index in [2.05, 4.69) is 14.9 Å². The third-order valence-corrected chi connectivity index (χ3v) is 4.82. The zero-order valence-electron chi connectivity index (χ0n) is 15.2. The van der Waals surface area contributed by atoms with Crippen molar-refractivity contribution in [3.63, 3.8) is 0 Å². The molecule has 142 valence electrons. The standard InChI is InChI=1S/C21H19ClN4O2/c22-16-6-8-17(9-7-16)28-20-18(4-3-11-24-20)21(27)26-14-12-25(13-15-26)19-5-1-2-10-23-19/h1-11H,12-15H2. The summed E-state index contributed by atoms with van der Waals surface area (Å²) in [5.41, 5.74) is 0.448. The molecule has 0 unspecified atom stereocenters. The van der Waals surface area contributed by atoms with E-state index in [9.17, 15) is 4.79 Å². The van der Waals surface area contributed by atoms with Crippen molar-refractivity contribution < 1.29 is 9.53 Å². The highest BCUT2D eigenvalue weighted by molar-refractivity contribution is 6.30. The van der Waals surface area contributed by atoms with Gasteiger partial charge in [0.2, 0.25) is 5.88 Å². The molecule has 0 radical (unpaired) electrons. The molecule has 1 aliphatic rings. The first kappa shape index (κ1) is 18.3. The Balaban J connectivity index is 1.46. The quantitative estimate of drug-likeness (QED) is 0.672. The van der Waals surface area contributed by atoms with Crippen LogP contribution in [0.3, 0.4) is 0 Å². The first-order valence-electron chi connectivity index (χ1n) is 9.04. The molecule has 0 atom stereocenters. The molecule has 6 nitrogen and oxygen atoms in total. The van der Waals surface area contributed by atoms with Crippen molar-refractivity contribution in [1.29, 1.82) is 0 Å². The molecule has 0 aliphatic carbocycles. The molecule has 3 aromatic rings. The molecule has 28 heavy (non-hydrogen) atoms. The normalized spacial score (nSPS) is 14.0. The minimum absolute atomic E-state index is 0.0854. The number of piperazine rings is 1. The molecule has 4 rings (SSSR count). The molecule has 3 heterocycles. The first-order valence-corrected chi connectivity index (χ1v) is 9.42. The second-order valence-electron chi connectivity index (χ2n) is 6.38. The zero-order chi connectivity index (χ0) is 19.3. The van der Waals surface area contributed by atoms with Gasteiger partial charge in [0.15, 0.2) is 0 Å². The van der Waals surface area contributed by atoms with Gasteiger partial charge in [0.05, 0.1) is 0 Å². The van der Waals surface area contributed by atoms with Gasteiger partial charge in [-0.25, -0.2) is 9.97 Å². The fourth-order valence-corrected chi connectivity index (χ4v) is 3.22. The number of benzene rings is 1. The van der Waals surface area contributed by atoms with Gasteiger partial charge >= 0.3 is 0 Å². The number of carbonyl (C=O) groups excluding carboxylic acids is 1. The summed E-state index contributed by atoms with van der Waals surface area (Å²) in [5.74, 6) is 1.72. The van der Waals surface area contributed by atoms with Gasteiger partial charge in [-0.05, 0) is 48.5 Å². The summed E-state index contributed by atoms with van der Waals surface area (Å²) in [7, 11) is 0. The van der Waals surface area contributed by atoms with E-state index in [1.54, 1.807) is 48.8 Å². The molecular formula is C21H19ClN4O2. The van der Waals surface area contributed by atoms with Crippen molar-refractivity contribution in [3.05, 3.63) is 77.6 Å². The summed E-state index contributed by atoms with van der Waals surface area (Å²) in [6, 6.07) is 16.3. The van der Waals surface area contributed by atoms with Crippen molar-refractivity contribution >= 4 is 23.3 Å². The van der Waals surface area contributed by atoms with Crippen LogP contribution in [0.15, 0.2) is 67.0 Å². The Kier molecular flexibility index (Phi) is 5.39. The number of ether oxygens (including phenoxy) is 1. The summed E-state index contributed by atoms with van der Waals surface area (Å²) in [4.78, 5) is 25.7. The Bertz CT molecular complexity index is 942. The van der Waals surface area contributed by atoms with Gasteiger partial charge in [0.1, 0.15) is 17.1 Å². The van der Waals surface area contributed by atoms with Crippen molar-refractivity contribution in [2.24, 2.45) is 0 Å². The molecule has 7 heteroatoms. The number of hydrogen-bond acceptors (Lipinski definition) is 5. The predicted molar refractivity (Wildman–Crippen MR) is 108 cm³/mol. The van der Waals surface area contributed by atoms with Crippen LogP contribution in [0.4, 0.5) is 5.82 Å². The van der Waals surface area contributed by atoms with E-state index >= 15 is 0 Å². The van der Waals surface area contributed by atoms with E-state index in [0.717, 1.165) is 18.9 Å². The van der Waals surface area contributed by atoms with Gasteiger partial charge in [-0.3, -0.25) is 4.79 Å². The molecule has 1 aliphatic heterocycles. The van der Waals surface area contributed by atoms with Gasteiger partial charge in [-0.2, -0.15) is 0 Å². The smallest absolute Gasteiger partial charge is 0.259 e. The van der Waals surface area contributed by atoms with Gasteiger partial charge in [-0.15, -0.1) is 0 Å². The minimum atomic E-state index is -0.0854. The van der Waals surface area contributed by atoms with Crippen molar-refractivity contribution in [1.82, 2.24) is 14.9 Å². The van der Waals surface area contributed by atoms with Crippen LogP contribution in [-0.2, 0) is 0 Å². The third kappa shape index (κ3) is 4.07. The Morgan fingerprint density at radius 2 is 1.64 bits per heavy atom. The Morgan fingerprint density at radius 1 is 0.893 bits per heavy atom.